The van der Waals surface area contributed by atoms with Gasteiger partial charge in [-0.15, -0.1) is 0 Å². The van der Waals surface area contributed by atoms with Crippen LogP contribution in [0.4, 0.5) is 5.69 Å². The van der Waals surface area contributed by atoms with Crippen LogP contribution in [0.5, 0.6) is 0 Å². The Kier molecular flexibility index (Phi) is 4.09. The van der Waals surface area contributed by atoms with Crippen LogP contribution < -0.4 is 11.1 Å². The number of ether oxygens (including phenoxy) is 1. The highest BCUT2D eigenvalue weighted by atomic mass is 35.5. The average Bonchev–Trinajstić information content (AvgIpc) is 2.33. The summed E-state index contributed by atoms with van der Waals surface area (Å²) in [7, 11) is 0. The summed E-state index contributed by atoms with van der Waals surface area (Å²) in [5.41, 5.74) is 7.88. The maximum Gasteiger partial charge on any atom is 0.0649 e. The Bertz CT molecular complexity index is 461. The minimum absolute atomic E-state index is 0.111. The molecule has 3 nitrogen and oxygen atoms in total. The Labute approximate surface area is 120 Å². The molecule has 2 rings (SSSR count). The number of anilines is 1. The number of nitrogens with two attached hydrogens (primary N) is 1. The molecule has 106 valence electrons. The van der Waals surface area contributed by atoms with Gasteiger partial charge in [-0.1, -0.05) is 17.7 Å². The van der Waals surface area contributed by atoms with E-state index in [0.29, 0.717) is 6.54 Å². The third-order valence-electron chi connectivity index (χ3n) is 3.81. The van der Waals surface area contributed by atoms with Crippen LogP contribution in [-0.2, 0) is 4.74 Å². The molecule has 1 aliphatic rings. The molecule has 1 aromatic rings. The van der Waals surface area contributed by atoms with Crippen molar-refractivity contribution in [3.8, 4) is 0 Å². The van der Waals surface area contributed by atoms with E-state index in [-0.39, 0.29) is 11.1 Å². The van der Waals surface area contributed by atoms with Gasteiger partial charge in [-0.3, -0.25) is 0 Å². The first kappa shape index (κ1) is 14.6. The zero-order chi connectivity index (χ0) is 14.1. The summed E-state index contributed by atoms with van der Waals surface area (Å²) in [5, 5.41) is 4.36. The summed E-state index contributed by atoms with van der Waals surface area (Å²) in [5.74, 6) is 0. The van der Waals surface area contributed by atoms with Gasteiger partial charge >= 0.3 is 0 Å². The topological polar surface area (TPSA) is 47.3 Å². The highest BCUT2D eigenvalue weighted by molar-refractivity contribution is 6.31. The van der Waals surface area contributed by atoms with Crippen LogP contribution in [0.1, 0.15) is 32.3 Å². The summed E-state index contributed by atoms with van der Waals surface area (Å²) < 4.78 is 5.78. The number of nitrogens with one attached hydrogen (secondary N) is 1. The molecule has 0 aromatic heterocycles. The lowest BCUT2D eigenvalue weighted by molar-refractivity contribution is -0.0736. The zero-order valence-corrected chi connectivity index (χ0v) is 12.7. The fraction of sp³-hybridized carbons (Fsp3) is 0.600. The average molecular weight is 283 g/mol. The van der Waals surface area contributed by atoms with E-state index in [4.69, 9.17) is 22.1 Å². The smallest absolute Gasteiger partial charge is 0.0649 e. The van der Waals surface area contributed by atoms with Crippen molar-refractivity contribution in [2.45, 2.75) is 44.8 Å². The third-order valence-corrected chi connectivity index (χ3v) is 4.22. The molecule has 3 N–H and O–H groups in total. The zero-order valence-electron chi connectivity index (χ0n) is 11.9. The van der Waals surface area contributed by atoms with Crippen molar-refractivity contribution in [2.75, 3.05) is 18.5 Å². The predicted octanol–water partition coefficient (Wildman–Crippen LogP) is 3.35. The van der Waals surface area contributed by atoms with Gasteiger partial charge < -0.3 is 15.8 Å². The summed E-state index contributed by atoms with van der Waals surface area (Å²) in [6, 6.07) is 6.05. The summed E-state index contributed by atoms with van der Waals surface area (Å²) >= 11 is 6.18. The van der Waals surface area contributed by atoms with Gasteiger partial charge in [-0.25, -0.2) is 0 Å². The minimum Gasteiger partial charge on any atom is -0.378 e. The van der Waals surface area contributed by atoms with Crippen molar-refractivity contribution in [1.29, 1.82) is 0 Å². The lowest BCUT2D eigenvalue weighted by Crippen LogP contribution is -2.55. The molecule has 19 heavy (non-hydrogen) atoms. The van der Waals surface area contributed by atoms with Crippen LogP contribution >= 0.6 is 11.6 Å². The summed E-state index contributed by atoms with van der Waals surface area (Å²) in [6.45, 7) is 7.55. The van der Waals surface area contributed by atoms with Gasteiger partial charge in [-0.05, 0) is 44.9 Å². The molecule has 1 heterocycles. The van der Waals surface area contributed by atoms with Gasteiger partial charge in [0.25, 0.3) is 0 Å². The highest BCUT2D eigenvalue weighted by Crippen LogP contribution is 2.34. The molecule has 0 amide bonds. The van der Waals surface area contributed by atoms with Gasteiger partial charge in [-0.2, -0.15) is 0 Å². The third kappa shape index (κ3) is 3.41. The van der Waals surface area contributed by atoms with Crippen molar-refractivity contribution >= 4 is 17.3 Å². The molecule has 4 heteroatoms. The standard InChI is InChI=1S/C15H23ClN2O/c1-11-4-5-12(8-13(11)16)18-15(10-17)6-7-19-14(2,3)9-15/h4-5,8,18H,6-7,9-10,17H2,1-3H3. The van der Waals surface area contributed by atoms with Crippen molar-refractivity contribution in [2.24, 2.45) is 5.73 Å². The molecule has 0 aliphatic carbocycles. The van der Waals surface area contributed by atoms with E-state index in [1.807, 2.05) is 19.1 Å². The minimum atomic E-state index is -0.140. The summed E-state index contributed by atoms with van der Waals surface area (Å²) in [6.07, 6.45) is 1.81. The van der Waals surface area contributed by atoms with Crippen molar-refractivity contribution in [1.82, 2.24) is 0 Å². The van der Waals surface area contributed by atoms with Gasteiger partial charge in [0.15, 0.2) is 0 Å². The SMILES string of the molecule is Cc1ccc(NC2(CN)CCOC(C)(C)C2)cc1Cl. The molecule has 0 saturated carbocycles. The molecule has 1 aromatic carbocycles. The Morgan fingerprint density at radius 1 is 1.42 bits per heavy atom. The Morgan fingerprint density at radius 2 is 2.16 bits per heavy atom. The van der Waals surface area contributed by atoms with E-state index in [9.17, 15) is 0 Å². The van der Waals surface area contributed by atoms with E-state index < -0.39 is 0 Å². The molecule has 1 fully saturated rings. The molecule has 0 bridgehead atoms. The normalized spacial score (nSPS) is 26.2. The van der Waals surface area contributed by atoms with Gasteiger partial charge in [0.2, 0.25) is 0 Å². The first-order valence-electron chi connectivity index (χ1n) is 6.74. The maximum absolute atomic E-state index is 6.18. The van der Waals surface area contributed by atoms with Gasteiger partial charge in [0, 0.05) is 30.3 Å². The quantitative estimate of drug-likeness (QED) is 0.894. The second-order valence-electron chi connectivity index (χ2n) is 6.11. The number of aryl methyl sites for hydroxylation is 1. The van der Waals surface area contributed by atoms with Crippen LogP contribution in [0.3, 0.4) is 0 Å². The van der Waals surface area contributed by atoms with Crippen molar-refractivity contribution in [3.63, 3.8) is 0 Å². The number of halogens is 1. The number of hydrogen-bond acceptors (Lipinski definition) is 3. The lowest BCUT2D eigenvalue weighted by Gasteiger charge is -2.45. The Morgan fingerprint density at radius 3 is 2.74 bits per heavy atom. The second kappa shape index (κ2) is 5.31. The first-order chi connectivity index (χ1) is 8.86. The molecule has 1 unspecified atom stereocenters. The fourth-order valence-corrected chi connectivity index (χ4v) is 2.97. The van der Waals surface area contributed by atoms with Crippen LogP contribution in [0, 0.1) is 6.92 Å². The number of rotatable bonds is 3. The van der Waals surface area contributed by atoms with Crippen LogP contribution in [0.15, 0.2) is 18.2 Å². The Hall–Kier alpha value is -0.770. The second-order valence-corrected chi connectivity index (χ2v) is 6.52. The first-order valence-corrected chi connectivity index (χ1v) is 7.12. The predicted molar refractivity (Wildman–Crippen MR) is 80.9 cm³/mol. The van der Waals surface area contributed by atoms with Crippen LogP contribution in [0.25, 0.3) is 0 Å². The van der Waals surface area contributed by atoms with Crippen LogP contribution in [0.2, 0.25) is 5.02 Å². The summed E-state index contributed by atoms with van der Waals surface area (Å²) in [4.78, 5) is 0. The van der Waals surface area contributed by atoms with E-state index in [1.54, 1.807) is 0 Å². The van der Waals surface area contributed by atoms with Crippen molar-refractivity contribution < 1.29 is 4.74 Å². The molecule has 1 atom stereocenters. The van der Waals surface area contributed by atoms with Gasteiger partial charge in [0.05, 0.1) is 11.1 Å². The van der Waals surface area contributed by atoms with E-state index >= 15 is 0 Å². The molecular formula is C15H23ClN2O. The van der Waals surface area contributed by atoms with E-state index in [0.717, 1.165) is 35.7 Å². The van der Waals surface area contributed by atoms with E-state index in [1.165, 1.54) is 0 Å². The number of benzene rings is 1. The fourth-order valence-electron chi connectivity index (χ4n) is 2.79. The maximum atomic E-state index is 6.18. The molecule has 0 spiro atoms. The van der Waals surface area contributed by atoms with E-state index in [2.05, 4.69) is 25.2 Å². The molecule has 1 saturated heterocycles. The molecule has 1 aliphatic heterocycles. The monoisotopic (exact) mass is 282 g/mol. The largest absolute Gasteiger partial charge is 0.378 e. The van der Waals surface area contributed by atoms with Crippen molar-refractivity contribution in [3.05, 3.63) is 28.8 Å². The Balaban J connectivity index is 2.20. The van der Waals surface area contributed by atoms with Gasteiger partial charge in [0.1, 0.15) is 0 Å². The molecular weight excluding hydrogens is 260 g/mol. The van der Waals surface area contributed by atoms with Crippen LogP contribution in [-0.4, -0.2) is 24.3 Å². The lowest BCUT2D eigenvalue weighted by atomic mass is 9.81. The highest BCUT2D eigenvalue weighted by Gasteiger charge is 2.39. The molecule has 0 radical (unpaired) electrons. The number of hydrogen-bond donors (Lipinski definition) is 2.